The number of hydrogen-bond acceptors (Lipinski definition) is 5. The summed E-state index contributed by atoms with van der Waals surface area (Å²) in [5.41, 5.74) is -0.747. The summed E-state index contributed by atoms with van der Waals surface area (Å²) in [5, 5.41) is 0. The van der Waals surface area contributed by atoms with Gasteiger partial charge in [-0.25, -0.2) is 0 Å². The number of carbonyl (C=O) groups is 2. The Morgan fingerprint density at radius 3 is 2.80 bits per heavy atom. The van der Waals surface area contributed by atoms with Gasteiger partial charge in [0.2, 0.25) is 0 Å². The molecule has 2 rings (SSSR count). The van der Waals surface area contributed by atoms with E-state index in [0.29, 0.717) is 19.3 Å². The largest absolute Gasteiger partial charge is 0.490 e. The Morgan fingerprint density at radius 2 is 2.20 bits per heavy atom. The molecule has 0 amide bonds. The number of esters is 1. The molecule has 0 aromatic rings. The van der Waals surface area contributed by atoms with Gasteiger partial charge >= 0.3 is 5.97 Å². The van der Waals surface area contributed by atoms with Crippen LogP contribution in [0.25, 0.3) is 0 Å². The van der Waals surface area contributed by atoms with Crippen molar-refractivity contribution in [1.82, 2.24) is 0 Å². The number of carbonyl (C=O) groups excluding carboxylic acids is 2. The normalized spacial score (nSPS) is 34.4. The van der Waals surface area contributed by atoms with Gasteiger partial charge in [0.25, 0.3) is 0 Å². The number of aldehydes is 1. The molecule has 0 bridgehead atoms. The molecule has 5 nitrogen and oxygen atoms in total. The van der Waals surface area contributed by atoms with Crippen LogP contribution in [0.5, 0.6) is 0 Å². The minimum Gasteiger partial charge on any atom is -0.490 e. The Morgan fingerprint density at radius 1 is 1.50 bits per heavy atom. The summed E-state index contributed by atoms with van der Waals surface area (Å²) in [4.78, 5) is 22.8. The standard InChI is InChI=1S/C15H22O5/c1-9-7-12-11(5-6-15(3,8-16)20-12)19-13(9)10(2)14(17)18-4/h8-10,13H,5-7H2,1-4H3/t9-,10+,13-,15?/m0/s1. The Kier molecular flexibility index (Phi) is 4.06. The third-order valence-corrected chi connectivity index (χ3v) is 4.18. The van der Waals surface area contributed by atoms with E-state index in [4.69, 9.17) is 14.2 Å². The fourth-order valence-corrected chi connectivity index (χ4v) is 2.86. The van der Waals surface area contributed by atoms with Gasteiger partial charge in [0.15, 0.2) is 11.9 Å². The molecule has 0 N–H and O–H groups in total. The van der Waals surface area contributed by atoms with E-state index in [2.05, 4.69) is 0 Å². The molecule has 2 aliphatic rings. The molecule has 4 atom stereocenters. The SMILES string of the molecule is COC(=O)[C@H](C)[C@H]1OC2=C(C[C@@H]1C)OC(C)(C=O)CC2. The number of allylic oxidation sites excluding steroid dienone is 2. The van der Waals surface area contributed by atoms with E-state index in [1.165, 1.54) is 7.11 Å². The van der Waals surface area contributed by atoms with E-state index in [1.807, 2.05) is 13.8 Å². The Labute approximate surface area is 119 Å². The van der Waals surface area contributed by atoms with E-state index in [9.17, 15) is 9.59 Å². The van der Waals surface area contributed by atoms with Crippen molar-refractivity contribution >= 4 is 12.3 Å². The first-order valence-electron chi connectivity index (χ1n) is 7.02. The first-order chi connectivity index (χ1) is 9.40. The third-order valence-electron chi connectivity index (χ3n) is 4.18. The van der Waals surface area contributed by atoms with Crippen molar-refractivity contribution < 1.29 is 23.8 Å². The van der Waals surface area contributed by atoms with E-state index in [1.54, 1.807) is 6.92 Å². The molecule has 0 aromatic carbocycles. The zero-order chi connectivity index (χ0) is 14.9. The summed E-state index contributed by atoms with van der Waals surface area (Å²) in [6, 6.07) is 0. The molecule has 0 spiro atoms. The molecule has 0 aliphatic carbocycles. The van der Waals surface area contributed by atoms with E-state index >= 15 is 0 Å². The Balaban J connectivity index is 2.15. The molecule has 2 aliphatic heterocycles. The van der Waals surface area contributed by atoms with Crippen LogP contribution in [0.1, 0.15) is 40.0 Å². The number of ether oxygens (including phenoxy) is 3. The van der Waals surface area contributed by atoms with Gasteiger partial charge < -0.3 is 14.2 Å². The zero-order valence-corrected chi connectivity index (χ0v) is 12.5. The average Bonchev–Trinajstić information content (AvgIpc) is 2.45. The second-order valence-corrected chi connectivity index (χ2v) is 5.95. The van der Waals surface area contributed by atoms with E-state index < -0.39 is 5.60 Å². The van der Waals surface area contributed by atoms with Crippen LogP contribution in [-0.4, -0.2) is 31.1 Å². The lowest BCUT2D eigenvalue weighted by Gasteiger charge is -2.41. The molecule has 0 aromatic heterocycles. The molecule has 20 heavy (non-hydrogen) atoms. The van der Waals surface area contributed by atoms with Crippen molar-refractivity contribution in [2.45, 2.75) is 51.7 Å². The van der Waals surface area contributed by atoms with Gasteiger partial charge in [-0.05, 0) is 13.8 Å². The molecule has 2 heterocycles. The highest BCUT2D eigenvalue weighted by Gasteiger charge is 2.41. The number of hydrogen-bond donors (Lipinski definition) is 0. The summed E-state index contributed by atoms with van der Waals surface area (Å²) < 4.78 is 16.5. The van der Waals surface area contributed by atoms with Crippen LogP contribution in [0, 0.1) is 11.8 Å². The highest BCUT2D eigenvalue weighted by atomic mass is 16.6. The summed E-state index contributed by atoms with van der Waals surface area (Å²) in [6.07, 6.45) is 2.60. The van der Waals surface area contributed by atoms with Crippen LogP contribution in [0.15, 0.2) is 11.5 Å². The lowest BCUT2D eigenvalue weighted by atomic mass is 9.86. The summed E-state index contributed by atoms with van der Waals surface area (Å²) >= 11 is 0. The Hall–Kier alpha value is -1.52. The van der Waals surface area contributed by atoms with Crippen LogP contribution in [0.2, 0.25) is 0 Å². The van der Waals surface area contributed by atoms with Gasteiger partial charge in [-0.2, -0.15) is 0 Å². The number of rotatable bonds is 3. The maximum absolute atomic E-state index is 11.7. The predicted molar refractivity (Wildman–Crippen MR) is 71.6 cm³/mol. The van der Waals surface area contributed by atoms with Crippen LogP contribution in [-0.2, 0) is 23.8 Å². The van der Waals surface area contributed by atoms with E-state index in [-0.39, 0.29) is 23.9 Å². The quantitative estimate of drug-likeness (QED) is 0.586. The van der Waals surface area contributed by atoms with Crippen LogP contribution in [0.3, 0.4) is 0 Å². The summed E-state index contributed by atoms with van der Waals surface area (Å²) in [6.45, 7) is 5.62. The van der Waals surface area contributed by atoms with Gasteiger partial charge in [0, 0.05) is 25.2 Å². The second-order valence-electron chi connectivity index (χ2n) is 5.95. The fraction of sp³-hybridized carbons (Fsp3) is 0.733. The summed E-state index contributed by atoms with van der Waals surface area (Å²) in [7, 11) is 1.39. The van der Waals surface area contributed by atoms with Crippen molar-refractivity contribution in [3.05, 3.63) is 11.5 Å². The first kappa shape index (κ1) is 14.9. The molecule has 0 radical (unpaired) electrons. The highest BCUT2D eigenvalue weighted by Crippen LogP contribution is 2.41. The van der Waals surface area contributed by atoms with Crippen molar-refractivity contribution in [2.75, 3.05) is 7.11 Å². The maximum atomic E-state index is 11.7. The average molecular weight is 282 g/mol. The molecule has 0 fully saturated rings. The van der Waals surface area contributed by atoms with Crippen LogP contribution in [0.4, 0.5) is 0 Å². The monoisotopic (exact) mass is 282 g/mol. The minimum atomic E-state index is -0.747. The van der Waals surface area contributed by atoms with Crippen molar-refractivity contribution in [3.63, 3.8) is 0 Å². The van der Waals surface area contributed by atoms with Gasteiger partial charge in [-0.15, -0.1) is 0 Å². The third kappa shape index (κ3) is 2.67. The summed E-state index contributed by atoms with van der Waals surface area (Å²) in [5.74, 6) is 1.09. The lowest BCUT2D eigenvalue weighted by molar-refractivity contribution is -0.153. The van der Waals surface area contributed by atoms with Crippen molar-refractivity contribution in [2.24, 2.45) is 11.8 Å². The molecule has 112 valence electrons. The highest BCUT2D eigenvalue weighted by molar-refractivity contribution is 5.72. The number of methoxy groups -OCH3 is 1. The minimum absolute atomic E-state index is 0.136. The fourth-order valence-electron chi connectivity index (χ4n) is 2.86. The molecule has 0 saturated heterocycles. The van der Waals surface area contributed by atoms with Gasteiger partial charge in [-0.1, -0.05) is 6.92 Å². The maximum Gasteiger partial charge on any atom is 0.312 e. The smallest absolute Gasteiger partial charge is 0.312 e. The second kappa shape index (κ2) is 5.46. The molecule has 0 saturated carbocycles. The van der Waals surface area contributed by atoms with Gasteiger partial charge in [0.05, 0.1) is 13.0 Å². The molecule has 5 heteroatoms. The topological polar surface area (TPSA) is 61.8 Å². The van der Waals surface area contributed by atoms with Crippen molar-refractivity contribution in [1.29, 1.82) is 0 Å². The molecule has 1 unspecified atom stereocenters. The van der Waals surface area contributed by atoms with Gasteiger partial charge in [-0.3, -0.25) is 9.59 Å². The Bertz CT molecular complexity index is 442. The predicted octanol–water partition coefficient (Wildman–Crippen LogP) is 2.20. The van der Waals surface area contributed by atoms with E-state index in [0.717, 1.165) is 17.8 Å². The van der Waals surface area contributed by atoms with Gasteiger partial charge in [0.1, 0.15) is 17.6 Å². The molecular formula is C15H22O5. The van der Waals surface area contributed by atoms with Crippen LogP contribution >= 0.6 is 0 Å². The van der Waals surface area contributed by atoms with Crippen molar-refractivity contribution in [3.8, 4) is 0 Å². The molecular weight excluding hydrogens is 260 g/mol. The zero-order valence-electron chi connectivity index (χ0n) is 12.5. The first-order valence-corrected chi connectivity index (χ1v) is 7.02. The lowest BCUT2D eigenvalue weighted by Crippen LogP contribution is -2.42. The van der Waals surface area contributed by atoms with Crippen LogP contribution < -0.4 is 0 Å².